The van der Waals surface area contributed by atoms with E-state index in [9.17, 15) is 10.2 Å². The fourth-order valence-electron chi connectivity index (χ4n) is 2.27. The number of rotatable bonds is 1. The van der Waals surface area contributed by atoms with Gasteiger partial charge in [0.1, 0.15) is 25.7 Å². The summed E-state index contributed by atoms with van der Waals surface area (Å²) in [5.74, 6) is 1.32. The number of aliphatic hydroxyl groups is 2. The second-order valence-electron chi connectivity index (χ2n) is 4.36. The summed E-state index contributed by atoms with van der Waals surface area (Å²) in [4.78, 5) is 1.72. The number of aliphatic hydroxyl groups excluding tert-OH is 2. The van der Waals surface area contributed by atoms with Crippen LogP contribution in [-0.2, 0) is 0 Å². The first kappa shape index (κ1) is 11.6. The van der Waals surface area contributed by atoms with Gasteiger partial charge < -0.3 is 24.6 Å². The van der Waals surface area contributed by atoms with Gasteiger partial charge in [0.2, 0.25) is 0 Å². The number of nitrogens with one attached hydrogen (secondary N) is 1. The van der Waals surface area contributed by atoms with Gasteiger partial charge in [0, 0.05) is 6.54 Å². The Balaban J connectivity index is 1.95. The maximum absolute atomic E-state index is 10.00. The van der Waals surface area contributed by atoms with Crippen molar-refractivity contribution >= 4 is 5.69 Å². The number of hydrogen-bond donors (Lipinski definition) is 3. The highest BCUT2D eigenvalue weighted by atomic mass is 16.6. The minimum Gasteiger partial charge on any atom is -0.486 e. The third kappa shape index (κ3) is 1.98. The molecule has 0 amide bonds. The lowest BCUT2D eigenvalue weighted by Gasteiger charge is -2.38. The average molecular weight is 252 g/mol. The van der Waals surface area contributed by atoms with Gasteiger partial charge in [0.25, 0.3) is 0 Å². The van der Waals surface area contributed by atoms with E-state index >= 15 is 0 Å². The van der Waals surface area contributed by atoms with Crippen molar-refractivity contribution in [3.63, 3.8) is 0 Å². The van der Waals surface area contributed by atoms with E-state index in [1.807, 2.05) is 18.2 Å². The monoisotopic (exact) mass is 252 g/mol. The van der Waals surface area contributed by atoms with Crippen LogP contribution < -0.4 is 19.7 Å². The molecule has 3 rings (SSSR count). The lowest BCUT2D eigenvalue weighted by Crippen LogP contribution is -2.56. The van der Waals surface area contributed by atoms with Crippen LogP contribution in [0.2, 0.25) is 0 Å². The molecule has 0 bridgehead atoms. The maximum atomic E-state index is 10.00. The van der Waals surface area contributed by atoms with E-state index in [0.29, 0.717) is 37.8 Å². The lowest BCUT2D eigenvalue weighted by atomic mass is 10.2. The molecule has 6 nitrogen and oxygen atoms in total. The zero-order chi connectivity index (χ0) is 12.5. The molecule has 2 aliphatic rings. The fourth-order valence-corrected chi connectivity index (χ4v) is 2.27. The molecule has 18 heavy (non-hydrogen) atoms. The molecule has 0 spiro atoms. The highest BCUT2D eigenvalue weighted by Crippen LogP contribution is 2.40. The smallest absolute Gasteiger partial charge is 0.184 e. The third-order valence-electron chi connectivity index (χ3n) is 3.12. The summed E-state index contributed by atoms with van der Waals surface area (Å²) in [5, 5.41) is 22.4. The molecule has 0 aliphatic carbocycles. The zero-order valence-electron chi connectivity index (χ0n) is 9.87. The Morgan fingerprint density at radius 1 is 1.22 bits per heavy atom. The van der Waals surface area contributed by atoms with Crippen molar-refractivity contribution in [3.8, 4) is 11.5 Å². The molecule has 98 valence electrons. The molecule has 2 aliphatic heterocycles. The molecule has 0 aromatic heterocycles. The highest BCUT2D eigenvalue weighted by Gasteiger charge is 2.29. The Morgan fingerprint density at radius 3 is 2.94 bits per heavy atom. The summed E-state index contributed by atoms with van der Waals surface area (Å²) < 4.78 is 11.1. The van der Waals surface area contributed by atoms with E-state index in [1.54, 1.807) is 4.90 Å². The van der Waals surface area contributed by atoms with Crippen LogP contribution in [0.15, 0.2) is 18.2 Å². The Hall–Kier alpha value is -1.50. The Labute approximate surface area is 105 Å². The number of benzene rings is 1. The van der Waals surface area contributed by atoms with Crippen molar-refractivity contribution in [3.05, 3.63) is 18.2 Å². The van der Waals surface area contributed by atoms with E-state index in [-0.39, 0.29) is 0 Å². The third-order valence-corrected chi connectivity index (χ3v) is 3.12. The molecule has 6 heteroatoms. The van der Waals surface area contributed by atoms with Crippen LogP contribution in [0.1, 0.15) is 0 Å². The average Bonchev–Trinajstić information content (AvgIpc) is 2.41. The van der Waals surface area contributed by atoms with Gasteiger partial charge in [-0.05, 0) is 12.1 Å². The molecule has 3 N–H and O–H groups in total. The van der Waals surface area contributed by atoms with Crippen LogP contribution in [-0.4, -0.2) is 49.0 Å². The minimum absolute atomic E-state index is 0.307. The Bertz CT molecular complexity index is 440. The summed E-state index contributed by atoms with van der Waals surface area (Å²) >= 11 is 0. The Morgan fingerprint density at radius 2 is 2.06 bits per heavy atom. The normalized spacial score (nSPS) is 27.1. The van der Waals surface area contributed by atoms with Gasteiger partial charge in [-0.3, -0.25) is 5.32 Å². The molecule has 1 aromatic rings. The van der Waals surface area contributed by atoms with Crippen LogP contribution in [0, 0.1) is 0 Å². The molecule has 2 atom stereocenters. The molecule has 2 unspecified atom stereocenters. The van der Waals surface area contributed by atoms with Gasteiger partial charge in [0.05, 0.1) is 12.2 Å². The maximum Gasteiger partial charge on any atom is 0.184 e. The zero-order valence-corrected chi connectivity index (χ0v) is 9.87. The summed E-state index contributed by atoms with van der Waals surface area (Å²) in [7, 11) is 0. The molecule has 0 saturated carbocycles. The van der Waals surface area contributed by atoms with E-state index in [4.69, 9.17) is 9.47 Å². The Kier molecular flexibility index (Phi) is 2.99. The van der Waals surface area contributed by atoms with E-state index in [2.05, 4.69) is 5.32 Å². The van der Waals surface area contributed by atoms with Crippen LogP contribution in [0.4, 0.5) is 5.69 Å². The van der Waals surface area contributed by atoms with Crippen LogP contribution in [0.25, 0.3) is 0 Å². The van der Waals surface area contributed by atoms with Crippen molar-refractivity contribution in [1.82, 2.24) is 5.32 Å². The van der Waals surface area contributed by atoms with E-state index < -0.39 is 12.5 Å². The van der Waals surface area contributed by atoms with Crippen molar-refractivity contribution in [2.24, 2.45) is 0 Å². The second kappa shape index (κ2) is 4.64. The van der Waals surface area contributed by atoms with Gasteiger partial charge in [-0.2, -0.15) is 0 Å². The molecule has 1 saturated heterocycles. The quantitative estimate of drug-likeness (QED) is 0.626. The predicted molar refractivity (Wildman–Crippen MR) is 64.8 cm³/mol. The fraction of sp³-hybridized carbons (Fsp3) is 0.500. The minimum atomic E-state index is -0.689. The van der Waals surface area contributed by atoms with Crippen LogP contribution >= 0.6 is 0 Å². The molecule has 1 aromatic carbocycles. The van der Waals surface area contributed by atoms with Crippen molar-refractivity contribution in [2.75, 3.05) is 31.2 Å². The summed E-state index contributed by atoms with van der Waals surface area (Å²) in [5.41, 5.74) is 0.750. The first-order valence-electron chi connectivity index (χ1n) is 6.00. The first-order valence-corrected chi connectivity index (χ1v) is 6.00. The second-order valence-corrected chi connectivity index (χ2v) is 4.36. The van der Waals surface area contributed by atoms with Gasteiger partial charge in [-0.25, -0.2) is 0 Å². The number of nitrogens with zero attached hydrogens (tertiary/aromatic N) is 1. The largest absolute Gasteiger partial charge is 0.486 e. The molecular weight excluding hydrogens is 236 g/mol. The number of ether oxygens (including phenoxy) is 2. The summed E-state index contributed by atoms with van der Waals surface area (Å²) in [6, 6.07) is 5.54. The topological polar surface area (TPSA) is 74.2 Å². The van der Waals surface area contributed by atoms with Crippen molar-refractivity contribution in [2.45, 2.75) is 12.5 Å². The standard InChI is InChI=1S/C12H16N2O4/c15-10-7-14(11(16)6-13-10)8-2-1-3-9-12(8)18-5-4-17-9/h1-3,10-11,13,15-16H,4-7H2. The summed E-state index contributed by atoms with van der Waals surface area (Å²) in [6.45, 7) is 1.64. The number of β-amino-alcohol motifs (C(OH)–C–C–N with tert-alkyl or cyclic N) is 2. The number of hydrogen-bond acceptors (Lipinski definition) is 6. The van der Waals surface area contributed by atoms with Gasteiger partial charge in [-0.15, -0.1) is 0 Å². The van der Waals surface area contributed by atoms with Crippen molar-refractivity contribution in [1.29, 1.82) is 0 Å². The van der Waals surface area contributed by atoms with Crippen molar-refractivity contribution < 1.29 is 19.7 Å². The van der Waals surface area contributed by atoms with Gasteiger partial charge >= 0.3 is 0 Å². The molecular formula is C12H16N2O4. The number of para-hydroxylation sites is 1. The number of fused-ring (bicyclic) bond motifs is 1. The van der Waals surface area contributed by atoms with E-state index in [1.165, 1.54) is 0 Å². The van der Waals surface area contributed by atoms with E-state index in [0.717, 1.165) is 5.69 Å². The predicted octanol–water partition coefficient (Wildman–Crippen LogP) is -0.496. The first-order chi connectivity index (χ1) is 8.75. The van der Waals surface area contributed by atoms with Gasteiger partial charge in [-0.1, -0.05) is 6.07 Å². The highest BCUT2D eigenvalue weighted by molar-refractivity contribution is 5.65. The molecule has 0 radical (unpaired) electrons. The van der Waals surface area contributed by atoms with Crippen LogP contribution in [0.5, 0.6) is 11.5 Å². The lowest BCUT2D eigenvalue weighted by molar-refractivity contribution is 0.0604. The molecule has 2 heterocycles. The number of anilines is 1. The number of piperazine rings is 1. The van der Waals surface area contributed by atoms with Gasteiger partial charge in [0.15, 0.2) is 11.5 Å². The SMILES string of the molecule is OC1CN(c2cccc3c2OCCO3)C(O)CN1. The molecule has 1 fully saturated rings. The van der Waals surface area contributed by atoms with Crippen LogP contribution in [0.3, 0.4) is 0 Å². The summed E-state index contributed by atoms with van der Waals surface area (Å²) in [6.07, 6.45) is -1.35.